The molecule has 0 saturated heterocycles. The minimum Gasteiger partial charge on any atom is -0.463 e. The van der Waals surface area contributed by atoms with E-state index in [-0.39, 0.29) is 24.6 Å². The number of fused-ring (bicyclic) bond motifs is 3. The van der Waals surface area contributed by atoms with Gasteiger partial charge in [-0.15, -0.1) is 0 Å². The molecule has 0 spiro atoms. The molecule has 1 aliphatic rings. The molecule has 0 bridgehead atoms. The molecule has 0 radical (unpaired) electrons. The largest absolute Gasteiger partial charge is 0.463 e. The summed E-state index contributed by atoms with van der Waals surface area (Å²) in [5.74, 6) is -0.0947. The quantitative estimate of drug-likeness (QED) is 0.0528. The van der Waals surface area contributed by atoms with Crippen LogP contribution in [0.25, 0.3) is 11.1 Å². The minimum atomic E-state index is -0.362. The number of rotatable bonds is 33. The predicted octanol–water partition coefficient (Wildman–Crippen LogP) is 9.74. The van der Waals surface area contributed by atoms with Crippen LogP contribution in [-0.2, 0) is 33.2 Å². The van der Waals surface area contributed by atoms with Crippen molar-refractivity contribution < 1.29 is 38.0 Å². The molecule has 0 N–H and O–H groups in total. The first-order valence-corrected chi connectivity index (χ1v) is 20.6. The fourth-order valence-corrected chi connectivity index (χ4v) is 6.69. The van der Waals surface area contributed by atoms with Crippen molar-refractivity contribution in [3.05, 3.63) is 59.7 Å². The summed E-state index contributed by atoms with van der Waals surface area (Å²) in [6.07, 6.45) is 19.8. The lowest BCUT2D eigenvalue weighted by Gasteiger charge is -2.19. The predicted molar refractivity (Wildman–Crippen MR) is 211 cm³/mol. The number of hydrogen-bond acceptors (Lipinski definition) is 8. The van der Waals surface area contributed by atoms with Gasteiger partial charge in [0.2, 0.25) is 0 Å². The number of likely N-dealkylation sites (N-methyl/N-ethyl adjacent to an activating group) is 1. The molecule has 0 aromatic heterocycles. The van der Waals surface area contributed by atoms with Gasteiger partial charge in [-0.25, -0.2) is 4.79 Å². The van der Waals surface area contributed by atoms with Gasteiger partial charge in [0.15, 0.2) is 0 Å². The minimum absolute atomic E-state index is 0.0411. The molecule has 2 aromatic rings. The average molecular weight is 740 g/mol. The molecular formula is C44H69NO8. The molecule has 298 valence electrons. The van der Waals surface area contributed by atoms with Crippen molar-refractivity contribution in [2.24, 2.45) is 0 Å². The zero-order valence-corrected chi connectivity index (χ0v) is 33.0. The third-order valence-electron chi connectivity index (χ3n) is 9.81. The highest BCUT2D eigenvalue weighted by Gasteiger charge is 2.29. The highest BCUT2D eigenvalue weighted by Crippen LogP contribution is 2.44. The Morgan fingerprint density at radius 1 is 0.528 bits per heavy atom. The van der Waals surface area contributed by atoms with Gasteiger partial charge < -0.3 is 33.3 Å². The molecule has 9 nitrogen and oxygen atoms in total. The van der Waals surface area contributed by atoms with Gasteiger partial charge in [-0.3, -0.25) is 4.79 Å². The van der Waals surface area contributed by atoms with Crippen LogP contribution in [0.4, 0.5) is 4.79 Å². The molecular weight excluding hydrogens is 670 g/mol. The van der Waals surface area contributed by atoms with E-state index in [1.807, 2.05) is 24.3 Å². The maximum absolute atomic E-state index is 12.6. The van der Waals surface area contributed by atoms with E-state index in [0.29, 0.717) is 72.4 Å². The Bertz CT molecular complexity index is 1190. The molecule has 0 unspecified atom stereocenters. The molecule has 0 atom stereocenters. The van der Waals surface area contributed by atoms with Crippen LogP contribution in [0.1, 0.15) is 127 Å². The molecule has 0 aliphatic heterocycles. The van der Waals surface area contributed by atoms with Gasteiger partial charge >= 0.3 is 12.1 Å². The first kappa shape index (κ1) is 44.4. The van der Waals surface area contributed by atoms with E-state index in [1.165, 1.54) is 111 Å². The van der Waals surface area contributed by atoms with Gasteiger partial charge in [0.05, 0.1) is 52.9 Å². The molecule has 53 heavy (non-hydrogen) atoms. The number of hydrogen-bond donors (Lipinski definition) is 0. The number of ether oxygens (including phenoxy) is 6. The summed E-state index contributed by atoms with van der Waals surface area (Å²) in [6, 6.07) is 16.6. The molecule has 9 heteroatoms. The second-order valence-electron chi connectivity index (χ2n) is 14.1. The second-order valence-corrected chi connectivity index (χ2v) is 14.1. The lowest BCUT2D eigenvalue weighted by Crippen LogP contribution is -2.32. The SMILES string of the molecule is CCCCCCCCCCCCCCCCCC(=O)OCCOCCOCCOCCOCCN(C)C(=O)OCC1c2ccccc2-c2ccccc21. The van der Waals surface area contributed by atoms with Crippen molar-refractivity contribution in [1.82, 2.24) is 4.90 Å². The van der Waals surface area contributed by atoms with Crippen molar-refractivity contribution in [2.75, 3.05) is 79.7 Å². The van der Waals surface area contributed by atoms with Crippen LogP contribution in [0, 0.1) is 0 Å². The van der Waals surface area contributed by atoms with Crippen molar-refractivity contribution in [3.8, 4) is 11.1 Å². The van der Waals surface area contributed by atoms with Gasteiger partial charge in [-0.2, -0.15) is 0 Å². The zero-order chi connectivity index (χ0) is 37.6. The summed E-state index contributed by atoms with van der Waals surface area (Å²) < 4.78 is 33.2. The van der Waals surface area contributed by atoms with Crippen molar-refractivity contribution >= 4 is 12.1 Å². The number of amides is 1. The van der Waals surface area contributed by atoms with Crippen molar-refractivity contribution in [2.45, 2.75) is 116 Å². The molecule has 0 fully saturated rings. The average Bonchev–Trinajstić information content (AvgIpc) is 3.50. The first-order chi connectivity index (χ1) is 26.1. The smallest absolute Gasteiger partial charge is 0.409 e. The normalized spacial score (nSPS) is 12.1. The topological polar surface area (TPSA) is 92.8 Å². The van der Waals surface area contributed by atoms with Crippen LogP contribution in [0.5, 0.6) is 0 Å². The molecule has 0 heterocycles. The van der Waals surface area contributed by atoms with Crippen LogP contribution in [0.2, 0.25) is 0 Å². The Kier molecular flexibility index (Phi) is 24.6. The number of carbonyl (C=O) groups excluding carboxylic acids is 2. The van der Waals surface area contributed by atoms with E-state index in [2.05, 4.69) is 31.2 Å². The van der Waals surface area contributed by atoms with Crippen LogP contribution in [0.3, 0.4) is 0 Å². The van der Waals surface area contributed by atoms with Gasteiger partial charge in [-0.05, 0) is 28.7 Å². The molecule has 3 rings (SSSR count). The molecule has 0 saturated carbocycles. The van der Waals surface area contributed by atoms with E-state index < -0.39 is 0 Å². The third kappa shape index (κ3) is 19.3. The first-order valence-electron chi connectivity index (χ1n) is 20.6. The fraction of sp³-hybridized carbons (Fsp3) is 0.682. The summed E-state index contributed by atoms with van der Waals surface area (Å²) in [6.45, 7) is 6.74. The van der Waals surface area contributed by atoms with E-state index in [1.54, 1.807) is 7.05 Å². The van der Waals surface area contributed by atoms with Crippen LogP contribution in [-0.4, -0.2) is 96.6 Å². The maximum atomic E-state index is 12.6. The number of nitrogens with zero attached hydrogens (tertiary/aromatic N) is 1. The maximum Gasteiger partial charge on any atom is 0.409 e. The Morgan fingerprint density at radius 2 is 0.943 bits per heavy atom. The van der Waals surface area contributed by atoms with Crippen LogP contribution < -0.4 is 0 Å². The highest BCUT2D eigenvalue weighted by atomic mass is 16.6. The molecule has 1 amide bonds. The summed E-state index contributed by atoms with van der Waals surface area (Å²) in [7, 11) is 1.72. The van der Waals surface area contributed by atoms with Gasteiger partial charge in [0.1, 0.15) is 13.2 Å². The molecule has 2 aromatic carbocycles. The highest BCUT2D eigenvalue weighted by molar-refractivity contribution is 5.79. The zero-order valence-electron chi connectivity index (χ0n) is 33.0. The Morgan fingerprint density at radius 3 is 1.43 bits per heavy atom. The summed E-state index contributed by atoms with van der Waals surface area (Å²) in [4.78, 5) is 26.1. The Hall–Kier alpha value is -2.98. The summed E-state index contributed by atoms with van der Waals surface area (Å²) >= 11 is 0. The Balaban J connectivity index is 1.01. The Labute approximate surface area is 320 Å². The lowest BCUT2D eigenvalue weighted by atomic mass is 9.98. The molecule has 1 aliphatic carbocycles. The van der Waals surface area contributed by atoms with Gasteiger partial charge in [0.25, 0.3) is 0 Å². The number of carbonyl (C=O) groups is 2. The van der Waals surface area contributed by atoms with Crippen molar-refractivity contribution in [3.63, 3.8) is 0 Å². The summed E-state index contributed by atoms with van der Waals surface area (Å²) in [5, 5.41) is 0. The number of esters is 1. The van der Waals surface area contributed by atoms with Gasteiger partial charge in [-0.1, -0.05) is 145 Å². The van der Waals surface area contributed by atoms with E-state index >= 15 is 0 Å². The van der Waals surface area contributed by atoms with Crippen molar-refractivity contribution in [1.29, 1.82) is 0 Å². The number of benzene rings is 2. The second kappa shape index (κ2) is 29.4. The van der Waals surface area contributed by atoms with E-state index in [9.17, 15) is 9.59 Å². The van der Waals surface area contributed by atoms with E-state index in [0.717, 1.165) is 12.8 Å². The number of unbranched alkanes of at least 4 members (excludes halogenated alkanes) is 14. The monoisotopic (exact) mass is 740 g/mol. The van der Waals surface area contributed by atoms with Gasteiger partial charge in [0, 0.05) is 25.9 Å². The third-order valence-corrected chi connectivity index (χ3v) is 9.81. The standard InChI is InChI=1S/C44H69NO8/c1-3-4-5-6-7-8-9-10-11-12-13-14-15-16-17-26-43(46)52-36-35-51-34-33-50-32-31-49-30-29-48-28-27-45(2)44(47)53-37-42-40-24-20-18-22-38(40)39-23-19-21-25-41(39)42/h18-25,42H,3-17,26-37H2,1-2H3. The fourth-order valence-electron chi connectivity index (χ4n) is 6.69. The van der Waals surface area contributed by atoms with Crippen LogP contribution in [0.15, 0.2) is 48.5 Å². The summed E-state index contributed by atoms with van der Waals surface area (Å²) in [5.41, 5.74) is 4.81. The van der Waals surface area contributed by atoms with Crippen LogP contribution >= 0.6 is 0 Å². The lowest BCUT2D eigenvalue weighted by molar-refractivity contribution is -0.145. The van der Waals surface area contributed by atoms with E-state index in [4.69, 9.17) is 28.4 Å².